The quantitative estimate of drug-likeness (QED) is 0.231. The second-order valence-electron chi connectivity index (χ2n) is 7.29. The molecule has 2 atom stereocenters. The Morgan fingerprint density at radius 3 is 2.45 bits per heavy atom. The van der Waals surface area contributed by atoms with Crippen LogP contribution in [0.3, 0.4) is 0 Å². The number of imidazole rings is 1. The summed E-state index contributed by atoms with van der Waals surface area (Å²) in [5.41, 5.74) is 2.94. The summed E-state index contributed by atoms with van der Waals surface area (Å²) >= 11 is 7.84. The lowest BCUT2D eigenvalue weighted by atomic mass is 10.2. The van der Waals surface area contributed by atoms with Crippen LogP contribution in [0.4, 0.5) is 15.9 Å². The van der Waals surface area contributed by atoms with Gasteiger partial charge in [0.25, 0.3) is 0 Å². The van der Waals surface area contributed by atoms with Gasteiger partial charge in [-0.25, -0.2) is 9.37 Å². The molecule has 170 valence electrons. The van der Waals surface area contributed by atoms with Crippen molar-refractivity contribution >= 4 is 64.0 Å². The lowest BCUT2D eigenvalue weighted by molar-refractivity contribution is 0.415. The van der Waals surface area contributed by atoms with E-state index < -0.39 is 0 Å². The Balaban J connectivity index is 1.75. The summed E-state index contributed by atoms with van der Waals surface area (Å²) in [6.45, 7) is 0. The molecule has 0 aliphatic rings. The Bertz CT molecular complexity index is 1260. The van der Waals surface area contributed by atoms with Crippen molar-refractivity contribution in [2.45, 2.75) is 10.9 Å². The van der Waals surface area contributed by atoms with Gasteiger partial charge in [-0.2, -0.15) is 0 Å². The van der Waals surface area contributed by atoms with E-state index in [-0.39, 0.29) is 5.82 Å². The molecule has 0 radical (unpaired) electrons. The Kier molecular flexibility index (Phi) is 7.61. The van der Waals surface area contributed by atoms with Crippen LogP contribution in [0.25, 0.3) is 5.69 Å². The molecule has 0 spiro atoms. The summed E-state index contributed by atoms with van der Waals surface area (Å²) in [7, 11) is 9.13. The molecule has 0 fully saturated rings. The highest BCUT2D eigenvalue weighted by Gasteiger charge is 2.18. The first kappa shape index (κ1) is 24.0. The first-order valence-electron chi connectivity index (χ1n) is 10.1. The smallest absolute Gasteiger partial charge is 0.174 e. The molecular weight excluding hydrogens is 495 g/mol. The van der Waals surface area contributed by atoms with Crippen molar-refractivity contribution in [2.75, 3.05) is 19.1 Å². The molecule has 1 heterocycles. The van der Waals surface area contributed by atoms with Crippen LogP contribution in [-0.2, 0) is 5.75 Å². The van der Waals surface area contributed by atoms with Crippen LogP contribution in [0.15, 0.2) is 72.0 Å². The van der Waals surface area contributed by atoms with E-state index in [4.69, 9.17) is 21.3 Å². The third kappa shape index (κ3) is 5.20. The topological polar surface area (TPSA) is 30.3 Å². The summed E-state index contributed by atoms with van der Waals surface area (Å²) in [5, 5.41) is 3.66. The lowest BCUT2D eigenvalue weighted by Gasteiger charge is -2.22. The number of rotatable bonds is 7. The van der Waals surface area contributed by atoms with Crippen molar-refractivity contribution in [1.29, 1.82) is 0 Å². The van der Waals surface area contributed by atoms with E-state index in [1.165, 1.54) is 17.7 Å². The molecule has 0 aliphatic carbocycles. The molecule has 0 aliphatic heterocycles. The zero-order valence-electron chi connectivity index (χ0n) is 18.1. The molecule has 0 N–H and O–H groups in total. The zero-order chi connectivity index (χ0) is 23.5. The minimum Gasteiger partial charge on any atom is -0.495 e. The van der Waals surface area contributed by atoms with Crippen molar-refractivity contribution in [3.63, 3.8) is 0 Å². The zero-order valence-corrected chi connectivity index (χ0v) is 22.0. The lowest BCUT2D eigenvalue weighted by Crippen LogP contribution is -2.15. The molecule has 4 rings (SSSR count). The number of halogens is 2. The Labute approximate surface area is 206 Å². The Hall–Kier alpha value is -2.10. The molecule has 3 aromatic carbocycles. The van der Waals surface area contributed by atoms with Gasteiger partial charge in [0, 0.05) is 30.2 Å². The fourth-order valence-electron chi connectivity index (χ4n) is 3.41. The van der Waals surface area contributed by atoms with Crippen LogP contribution in [0.2, 0.25) is 5.02 Å². The van der Waals surface area contributed by atoms with Crippen molar-refractivity contribution < 1.29 is 9.13 Å². The predicted molar refractivity (Wildman–Crippen MR) is 144 cm³/mol. The molecule has 0 saturated heterocycles. The SMILES string of the molecule is COc1cc(N(C)c2cnc(SCc3c(P)cccc3P)n2-c2ccc(F)cc2)ccc1Cl. The van der Waals surface area contributed by atoms with Gasteiger partial charge in [-0.15, -0.1) is 18.5 Å². The van der Waals surface area contributed by atoms with Crippen LogP contribution in [-0.4, -0.2) is 23.7 Å². The fourth-order valence-corrected chi connectivity index (χ4v) is 5.89. The van der Waals surface area contributed by atoms with Crippen molar-refractivity contribution in [3.05, 3.63) is 83.3 Å². The first-order chi connectivity index (χ1) is 15.9. The van der Waals surface area contributed by atoms with E-state index in [1.807, 2.05) is 40.9 Å². The number of methoxy groups -OCH3 is 1. The van der Waals surface area contributed by atoms with E-state index in [1.54, 1.807) is 37.1 Å². The number of nitrogens with zero attached hydrogens (tertiary/aromatic N) is 3. The maximum absolute atomic E-state index is 13.7. The second kappa shape index (κ2) is 10.4. The summed E-state index contributed by atoms with van der Waals surface area (Å²) in [6.07, 6.45) is 1.82. The van der Waals surface area contributed by atoms with E-state index in [2.05, 4.69) is 30.6 Å². The molecule has 33 heavy (non-hydrogen) atoms. The average molecular weight is 518 g/mol. The van der Waals surface area contributed by atoms with E-state index in [9.17, 15) is 4.39 Å². The normalized spacial score (nSPS) is 11.0. The molecule has 4 nitrogen and oxygen atoms in total. The second-order valence-corrected chi connectivity index (χ2v) is 9.89. The van der Waals surface area contributed by atoms with Crippen LogP contribution >= 0.6 is 41.8 Å². The van der Waals surface area contributed by atoms with Gasteiger partial charge in [-0.1, -0.05) is 41.6 Å². The van der Waals surface area contributed by atoms with Gasteiger partial charge in [-0.3, -0.25) is 4.57 Å². The minimum atomic E-state index is -0.282. The number of ether oxygens (including phenoxy) is 1. The van der Waals surface area contributed by atoms with Crippen molar-refractivity contribution in [2.24, 2.45) is 0 Å². The molecule has 2 unspecified atom stereocenters. The molecular formula is C24H23ClFN3OP2S. The van der Waals surface area contributed by atoms with E-state index >= 15 is 0 Å². The summed E-state index contributed by atoms with van der Waals surface area (Å²) in [6, 6.07) is 18.2. The van der Waals surface area contributed by atoms with Gasteiger partial charge in [0.2, 0.25) is 0 Å². The highest BCUT2D eigenvalue weighted by Crippen LogP contribution is 2.36. The number of aromatic nitrogens is 2. The molecule has 0 amide bonds. The van der Waals surface area contributed by atoms with Gasteiger partial charge >= 0.3 is 0 Å². The monoisotopic (exact) mass is 517 g/mol. The van der Waals surface area contributed by atoms with Gasteiger partial charge in [0.15, 0.2) is 5.16 Å². The third-order valence-corrected chi connectivity index (χ3v) is 7.63. The number of thioether (sulfide) groups is 1. The van der Waals surface area contributed by atoms with E-state index in [0.717, 1.165) is 38.7 Å². The largest absolute Gasteiger partial charge is 0.495 e. The molecule has 9 heteroatoms. The fraction of sp³-hybridized carbons (Fsp3) is 0.125. The third-order valence-electron chi connectivity index (χ3n) is 5.26. The van der Waals surface area contributed by atoms with Crippen LogP contribution in [0.1, 0.15) is 5.56 Å². The molecule has 1 aromatic heterocycles. The van der Waals surface area contributed by atoms with E-state index in [0.29, 0.717) is 10.8 Å². The number of hydrogen-bond donors (Lipinski definition) is 0. The van der Waals surface area contributed by atoms with Crippen LogP contribution in [0, 0.1) is 5.82 Å². The van der Waals surface area contributed by atoms with Gasteiger partial charge in [-0.05, 0) is 52.6 Å². The summed E-state index contributed by atoms with van der Waals surface area (Å²) in [4.78, 5) is 6.72. The van der Waals surface area contributed by atoms with Gasteiger partial charge < -0.3 is 9.64 Å². The molecule has 4 aromatic rings. The Morgan fingerprint density at radius 2 is 1.79 bits per heavy atom. The number of anilines is 2. The standard InChI is InChI=1S/C24H23ClFN3OP2S/c1-28(17-10-11-19(25)20(12-17)30-2)23-13-27-24(29(23)16-8-6-15(26)7-9-16)33-14-18-21(31)4-3-5-22(18)32/h3-13H,14,31-32H2,1-2H3. The first-order valence-corrected chi connectivity index (χ1v) is 12.6. The Morgan fingerprint density at radius 1 is 1.09 bits per heavy atom. The highest BCUT2D eigenvalue weighted by molar-refractivity contribution is 7.98. The summed E-state index contributed by atoms with van der Waals surface area (Å²) in [5.74, 6) is 1.89. The van der Waals surface area contributed by atoms with Crippen LogP contribution in [0.5, 0.6) is 5.75 Å². The van der Waals surface area contributed by atoms with Crippen LogP contribution < -0.4 is 20.2 Å². The highest BCUT2D eigenvalue weighted by atomic mass is 35.5. The number of hydrogen-bond acceptors (Lipinski definition) is 4. The predicted octanol–water partition coefficient (Wildman–Crippen LogP) is 5.73. The minimum absolute atomic E-state index is 0.282. The molecule has 0 saturated carbocycles. The van der Waals surface area contributed by atoms with Gasteiger partial charge in [0.05, 0.1) is 18.3 Å². The van der Waals surface area contributed by atoms with Gasteiger partial charge in [0.1, 0.15) is 17.4 Å². The van der Waals surface area contributed by atoms with Crippen molar-refractivity contribution in [1.82, 2.24) is 9.55 Å². The van der Waals surface area contributed by atoms with Crippen molar-refractivity contribution in [3.8, 4) is 11.4 Å². The number of benzene rings is 3. The maximum Gasteiger partial charge on any atom is 0.174 e. The maximum atomic E-state index is 13.7. The summed E-state index contributed by atoms with van der Waals surface area (Å²) < 4.78 is 21.1. The average Bonchev–Trinajstić information content (AvgIpc) is 3.23. The molecule has 0 bridgehead atoms.